The molecule has 92 valence electrons. The summed E-state index contributed by atoms with van der Waals surface area (Å²) in [7, 11) is 1.55. The fraction of sp³-hybridized carbons (Fsp3) is 0.0909. The predicted molar refractivity (Wildman–Crippen MR) is 61.8 cm³/mol. The number of nitrogens with zero attached hydrogens (tertiary/aromatic N) is 3. The van der Waals surface area contributed by atoms with Gasteiger partial charge in [-0.2, -0.15) is 0 Å². The first-order chi connectivity index (χ1) is 8.61. The minimum atomic E-state index is -0.591. The van der Waals surface area contributed by atoms with Crippen molar-refractivity contribution in [3.05, 3.63) is 46.1 Å². The molecule has 0 amide bonds. The van der Waals surface area contributed by atoms with Crippen LogP contribution in [0.4, 0.5) is 5.69 Å². The van der Waals surface area contributed by atoms with Crippen LogP contribution in [0.5, 0.6) is 11.6 Å². The zero-order valence-electron chi connectivity index (χ0n) is 9.44. The summed E-state index contributed by atoms with van der Waals surface area (Å²) in [6, 6.07) is 6.43. The van der Waals surface area contributed by atoms with Crippen LogP contribution in [-0.2, 0) is 7.05 Å². The van der Waals surface area contributed by atoms with Crippen LogP contribution >= 0.6 is 0 Å². The van der Waals surface area contributed by atoms with E-state index in [9.17, 15) is 14.9 Å². The summed E-state index contributed by atoms with van der Waals surface area (Å²) < 4.78 is 6.58. The first kappa shape index (κ1) is 11.8. The van der Waals surface area contributed by atoms with Crippen LogP contribution in [0, 0.1) is 10.1 Å². The molecule has 7 nitrogen and oxygen atoms in total. The summed E-state index contributed by atoms with van der Waals surface area (Å²) >= 11 is 0. The van der Waals surface area contributed by atoms with E-state index < -0.39 is 4.92 Å². The summed E-state index contributed by atoms with van der Waals surface area (Å²) in [5.74, 6) is 0.0890. The van der Waals surface area contributed by atoms with Crippen LogP contribution < -0.4 is 4.74 Å². The number of nitro groups is 1. The molecule has 2 aromatic rings. The van der Waals surface area contributed by atoms with Gasteiger partial charge in [0.2, 0.25) is 0 Å². The van der Waals surface area contributed by atoms with Gasteiger partial charge in [-0.25, -0.2) is 0 Å². The van der Waals surface area contributed by atoms with E-state index in [4.69, 9.17) is 4.74 Å². The number of carbonyl (C=O) groups excluding carboxylic acids is 1. The second kappa shape index (κ2) is 4.66. The molecule has 1 aromatic heterocycles. The largest absolute Gasteiger partial charge is 0.432 e. The van der Waals surface area contributed by atoms with Crippen molar-refractivity contribution in [2.75, 3.05) is 0 Å². The third-order valence-corrected chi connectivity index (χ3v) is 2.23. The summed E-state index contributed by atoms with van der Waals surface area (Å²) in [4.78, 5) is 21.0. The van der Waals surface area contributed by atoms with Crippen LogP contribution in [0.1, 0.15) is 10.4 Å². The number of aromatic nitrogens is 2. The Morgan fingerprint density at radius 3 is 2.83 bits per heavy atom. The molecule has 0 bridgehead atoms. The van der Waals surface area contributed by atoms with Gasteiger partial charge in [0.25, 0.3) is 0 Å². The van der Waals surface area contributed by atoms with Gasteiger partial charge < -0.3 is 4.74 Å². The van der Waals surface area contributed by atoms with Crippen LogP contribution in [0.2, 0.25) is 0 Å². The van der Waals surface area contributed by atoms with Crippen molar-refractivity contribution in [2.45, 2.75) is 0 Å². The van der Waals surface area contributed by atoms with Gasteiger partial charge in [-0.3, -0.25) is 19.6 Å². The molecule has 7 heteroatoms. The number of rotatable bonds is 4. The summed E-state index contributed by atoms with van der Waals surface area (Å²) in [6.45, 7) is 0. The van der Waals surface area contributed by atoms with Gasteiger partial charge in [0, 0.05) is 7.05 Å². The highest BCUT2D eigenvalue weighted by molar-refractivity contribution is 5.79. The van der Waals surface area contributed by atoms with Crippen LogP contribution in [0.25, 0.3) is 0 Å². The molecule has 0 saturated carbocycles. The van der Waals surface area contributed by atoms with Crippen LogP contribution in [0.15, 0.2) is 30.5 Å². The highest BCUT2D eigenvalue weighted by Gasteiger charge is 2.21. The first-order valence-electron chi connectivity index (χ1n) is 5.02. The van der Waals surface area contributed by atoms with Gasteiger partial charge in [-0.1, -0.05) is 12.1 Å². The summed E-state index contributed by atoms with van der Waals surface area (Å²) in [6.07, 6.45) is 1.85. The number of aldehydes is 1. The number of para-hydroxylation sites is 1. The van der Waals surface area contributed by atoms with E-state index in [1.807, 2.05) is 0 Å². The van der Waals surface area contributed by atoms with Gasteiger partial charge in [-0.15, -0.1) is 5.10 Å². The lowest BCUT2D eigenvalue weighted by Gasteiger charge is -2.03. The topological polar surface area (TPSA) is 87.3 Å². The maximum absolute atomic E-state index is 10.8. The van der Waals surface area contributed by atoms with Crippen molar-refractivity contribution in [2.24, 2.45) is 7.05 Å². The van der Waals surface area contributed by atoms with Crippen molar-refractivity contribution in [3.8, 4) is 11.6 Å². The van der Waals surface area contributed by atoms with E-state index in [-0.39, 0.29) is 17.3 Å². The molecule has 0 aliphatic rings. The third-order valence-electron chi connectivity index (χ3n) is 2.23. The normalized spacial score (nSPS) is 10.1. The van der Waals surface area contributed by atoms with Gasteiger partial charge in [0.05, 0.1) is 10.5 Å². The second-order valence-corrected chi connectivity index (χ2v) is 3.51. The van der Waals surface area contributed by atoms with Crippen molar-refractivity contribution in [1.29, 1.82) is 0 Å². The predicted octanol–water partition coefficient (Wildman–Crippen LogP) is 1.93. The Morgan fingerprint density at radius 2 is 2.17 bits per heavy atom. The lowest BCUT2D eigenvalue weighted by Crippen LogP contribution is -1.94. The number of hydrogen-bond acceptors (Lipinski definition) is 5. The van der Waals surface area contributed by atoms with Crippen molar-refractivity contribution in [3.63, 3.8) is 0 Å². The summed E-state index contributed by atoms with van der Waals surface area (Å²) in [5.41, 5.74) is 0.0515. The third kappa shape index (κ3) is 2.19. The Bertz CT molecular complexity index is 606. The molecule has 18 heavy (non-hydrogen) atoms. The van der Waals surface area contributed by atoms with E-state index in [2.05, 4.69) is 5.10 Å². The molecule has 0 aliphatic carbocycles. The minimum absolute atomic E-state index is 0.142. The van der Waals surface area contributed by atoms with E-state index in [1.165, 1.54) is 10.9 Å². The zero-order chi connectivity index (χ0) is 13.1. The fourth-order valence-corrected chi connectivity index (χ4v) is 1.43. The Labute approximate surface area is 102 Å². The Hall–Kier alpha value is -2.70. The molecule has 0 spiro atoms. The van der Waals surface area contributed by atoms with Crippen molar-refractivity contribution in [1.82, 2.24) is 9.78 Å². The standard InChI is InChI=1S/C11H9N3O4/c1-13-6-9(14(16)17)11(12-13)18-10-5-3-2-4-8(10)7-15/h2-7H,1H3. The smallest absolute Gasteiger partial charge is 0.350 e. The molecule has 0 fully saturated rings. The lowest BCUT2D eigenvalue weighted by atomic mass is 10.2. The molecule has 1 heterocycles. The Morgan fingerprint density at radius 1 is 1.44 bits per heavy atom. The van der Waals surface area contributed by atoms with E-state index in [1.54, 1.807) is 31.3 Å². The monoisotopic (exact) mass is 247 g/mol. The molecule has 1 aromatic carbocycles. The Kier molecular flexibility index (Phi) is 3.05. The molecular formula is C11H9N3O4. The van der Waals surface area contributed by atoms with Crippen LogP contribution in [-0.4, -0.2) is 21.0 Å². The number of aryl methyl sites for hydroxylation is 1. The van der Waals surface area contributed by atoms with Gasteiger partial charge in [0.1, 0.15) is 11.9 Å². The highest BCUT2D eigenvalue weighted by Crippen LogP contribution is 2.30. The van der Waals surface area contributed by atoms with E-state index >= 15 is 0 Å². The first-order valence-corrected chi connectivity index (χ1v) is 5.02. The molecule has 0 unspecified atom stereocenters. The number of hydrogen-bond donors (Lipinski definition) is 0. The zero-order valence-corrected chi connectivity index (χ0v) is 9.44. The number of carbonyl (C=O) groups is 1. The van der Waals surface area contributed by atoms with Crippen LogP contribution in [0.3, 0.4) is 0 Å². The minimum Gasteiger partial charge on any atom is -0.432 e. The maximum Gasteiger partial charge on any atom is 0.350 e. The average molecular weight is 247 g/mol. The van der Waals surface area contributed by atoms with Gasteiger partial charge >= 0.3 is 11.6 Å². The molecule has 2 rings (SSSR count). The summed E-state index contributed by atoms with van der Waals surface area (Å²) in [5, 5.41) is 14.6. The van der Waals surface area contributed by atoms with Gasteiger partial charge in [0.15, 0.2) is 6.29 Å². The second-order valence-electron chi connectivity index (χ2n) is 3.51. The van der Waals surface area contributed by atoms with E-state index in [0.717, 1.165) is 0 Å². The number of ether oxygens (including phenoxy) is 1. The molecule has 0 aliphatic heterocycles. The lowest BCUT2D eigenvalue weighted by molar-refractivity contribution is -0.385. The van der Waals surface area contributed by atoms with Crippen molar-refractivity contribution < 1.29 is 14.5 Å². The average Bonchev–Trinajstić information content (AvgIpc) is 2.71. The molecular weight excluding hydrogens is 238 g/mol. The molecule has 0 saturated heterocycles. The van der Waals surface area contributed by atoms with E-state index in [0.29, 0.717) is 11.8 Å². The molecule has 0 N–H and O–H groups in total. The molecule has 0 radical (unpaired) electrons. The Balaban J connectivity index is 2.39. The highest BCUT2D eigenvalue weighted by atomic mass is 16.6. The maximum atomic E-state index is 10.8. The molecule has 0 atom stereocenters. The fourth-order valence-electron chi connectivity index (χ4n) is 1.43. The van der Waals surface area contributed by atoms with Crippen molar-refractivity contribution >= 4 is 12.0 Å². The number of benzene rings is 1. The van der Waals surface area contributed by atoms with Gasteiger partial charge in [-0.05, 0) is 12.1 Å². The SMILES string of the molecule is Cn1cc([N+](=O)[O-])c(Oc2ccccc2C=O)n1. The quantitative estimate of drug-likeness (QED) is 0.468.